The molecule has 3 aromatic rings. The fourth-order valence-corrected chi connectivity index (χ4v) is 5.54. The largest absolute Gasteiger partial charge is 0.346 e. The maximum absolute atomic E-state index is 14.3. The molecule has 0 radical (unpaired) electrons. The number of hydrogen-bond donors (Lipinski definition) is 1. The number of benzene rings is 3. The highest BCUT2D eigenvalue weighted by Crippen LogP contribution is 2.32. The Labute approximate surface area is 186 Å². The Morgan fingerprint density at radius 2 is 1.71 bits per heavy atom. The van der Waals surface area contributed by atoms with Crippen LogP contribution in [0.15, 0.2) is 87.6 Å². The number of anilines is 1. The Balaban J connectivity index is 2.08. The molecule has 0 aromatic heterocycles. The lowest BCUT2D eigenvalue weighted by atomic mass is 10.1. The second-order valence-corrected chi connectivity index (χ2v) is 9.78. The van der Waals surface area contributed by atoms with E-state index >= 15 is 0 Å². The molecule has 0 saturated carbocycles. The van der Waals surface area contributed by atoms with Crippen LogP contribution in [0, 0.1) is 31.0 Å². The van der Waals surface area contributed by atoms with Gasteiger partial charge in [0, 0.05) is 5.75 Å². The first-order chi connectivity index (χ1) is 14.8. The summed E-state index contributed by atoms with van der Waals surface area (Å²) in [5, 5.41) is 12.7. The van der Waals surface area contributed by atoms with Crippen LogP contribution in [0.5, 0.6) is 0 Å². The fraction of sp³-hybridized carbons (Fsp3) is 0.125. The van der Waals surface area contributed by atoms with Crippen molar-refractivity contribution in [1.82, 2.24) is 0 Å². The Hall–Kier alpha value is -3.08. The smallest absolute Gasteiger partial charge is 0.219 e. The van der Waals surface area contributed by atoms with E-state index in [9.17, 15) is 18.1 Å². The van der Waals surface area contributed by atoms with Crippen molar-refractivity contribution in [3.8, 4) is 6.07 Å². The standard InChI is InChI=1S/C24H21FN2O2S2/c1-17-12-13-18(2)19(14-17)16-30-24(27-22-11-7-6-10-21(22)25)23(15-26)31(28,29)20-8-4-3-5-9-20/h3-14,27H,16H2,1-2H3. The van der Waals surface area contributed by atoms with Gasteiger partial charge in [0.25, 0.3) is 0 Å². The SMILES string of the molecule is Cc1ccc(C)c(CSC(Nc2ccccc2F)=C(C#N)S(=O)(=O)c2ccccc2)c1. The molecule has 0 unspecified atom stereocenters. The van der Waals surface area contributed by atoms with E-state index in [1.165, 1.54) is 24.3 Å². The van der Waals surface area contributed by atoms with E-state index in [2.05, 4.69) is 5.32 Å². The third kappa shape index (κ3) is 5.35. The van der Waals surface area contributed by atoms with Crippen LogP contribution in [0.2, 0.25) is 0 Å². The first-order valence-corrected chi connectivity index (χ1v) is 11.9. The second kappa shape index (κ2) is 9.82. The van der Waals surface area contributed by atoms with Crippen molar-refractivity contribution in [1.29, 1.82) is 5.26 Å². The summed E-state index contributed by atoms with van der Waals surface area (Å²) in [4.78, 5) is -0.441. The fourth-order valence-electron chi connectivity index (χ4n) is 2.90. The number of thioether (sulfide) groups is 1. The maximum Gasteiger partial charge on any atom is 0.219 e. The van der Waals surface area contributed by atoms with Gasteiger partial charge in [-0.1, -0.05) is 54.1 Å². The van der Waals surface area contributed by atoms with Crippen molar-refractivity contribution in [2.75, 3.05) is 5.32 Å². The van der Waals surface area contributed by atoms with Crippen molar-refractivity contribution < 1.29 is 12.8 Å². The van der Waals surface area contributed by atoms with Gasteiger partial charge in [-0.15, -0.1) is 11.8 Å². The average Bonchev–Trinajstić information content (AvgIpc) is 2.76. The van der Waals surface area contributed by atoms with E-state index < -0.39 is 20.6 Å². The van der Waals surface area contributed by atoms with E-state index in [4.69, 9.17) is 0 Å². The Bertz CT molecular complexity index is 1260. The molecule has 1 N–H and O–H groups in total. The molecule has 0 atom stereocenters. The van der Waals surface area contributed by atoms with Crippen LogP contribution < -0.4 is 5.32 Å². The summed E-state index contributed by atoms with van der Waals surface area (Å²) in [6.07, 6.45) is 0. The minimum Gasteiger partial charge on any atom is -0.346 e. The quantitative estimate of drug-likeness (QED) is 0.448. The van der Waals surface area contributed by atoms with Crippen LogP contribution >= 0.6 is 11.8 Å². The molecule has 4 nitrogen and oxygen atoms in total. The third-order valence-electron chi connectivity index (χ3n) is 4.63. The minimum atomic E-state index is -4.09. The zero-order valence-electron chi connectivity index (χ0n) is 17.1. The molecule has 0 saturated heterocycles. The van der Waals surface area contributed by atoms with Gasteiger partial charge >= 0.3 is 0 Å². The van der Waals surface area contributed by atoms with Gasteiger partial charge in [0.05, 0.1) is 10.6 Å². The molecule has 158 valence electrons. The molecule has 0 spiro atoms. The van der Waals surface area contributed by atoms with Crippen LogP contribution in [-0.4, -0.2) is 8.42 Å². The zero-order valence-corrected chi connectivity index (χ0v) is 18.7. The highest BCUT2D eigenvalue weighted by Gasteiger charge is 2.26. The Morgan fingerprint density at radius 3 is 2.39 bits per heavy atom. The molecular weight excluding hydrogens is 431 g/mol. The van der Waals surface area contributed by atoms with Crippen LogP contribution in [-0.2, 0) is 15.6 Å². The highest BCUT2D eigenvalue weighted by atomic mass is 32.2. The lowest BCUT2D eigenvalue weighted by molar-refractivity contribution is 0.603. The number of para-hydroxylation sites is 1. The maximum atomic E-state index is 14.3. The molecule has 0 amide bonds. The van der Waals surface area contributed by atoms with E-state index in [1.807, 2.05) is 38.1 Å². The van der Waals surface area contributed by atoms with Gasteiger partial charge in [-0.05, 0) is 49.2 Å². The Kier molecular flexibility index (Phi) is 7.16. The molecular formula is C24H21FN2O2S2. The number of nitriles is 1. The molecule has 0 aliphatic heterocycles. The second-order valence-electron chi connectivity index (χ2n) is 6.91. The number of rotatable bonds is 7. The van der Waals surface area contributed by atoms with Crippen LogP contribution in [0.3, 0.4) is 0 Å². The molecule has 3 aromatic carbocycles. The van der Waals surface area contributed by atoms with E-state index in [-0.39, 0.29) is 15.6 Å². The summed E-state index contributed by atoms with van der Waals surface area (Å²) in [7, 11) is -4.09. The molecule has 3 rings (SSSR count). The van der Waals surface area contributed by atoms with Crippen LogP contribution in [0.1, 0.15) is 16.7 Å². The number of allylic oxidation sites excluding steroid dienone is 1. The first kappa shape index (κ1) is 22.6. The summed E-state index contributed by atoms with van der Waals surface area (Å²) >= 11 is 1.16. The topological polar surface area (TPSA) is 70.0 Å². The van der Waals surface area contributed by atoms with E-state index in [0.29, 0.717) is 5.75 Å². The predicted molar refractivity (Wildman–Crippen MR) is 124 cm³/mol. The van der Waals surface area contributed by atoms with Gasteiger partial charge in [0.2, 0.25) is 9.84 Å². The number of nitrogens with zero attached hydrogens (tertiary/aromatic N) is 1. The van der Waals surface area contributed by atoms with Gasteiger partial charge in [-0.2, -0.15) is 5.26 Å². The molecule has 31 heavy (non-hydrogen) atoms. The van der Waals surface area contributed by atoms with Crippen molar-refractivity contribution in [2.24, 2.45) is 0 Å². The molecule has 0 fully saturated rings. The summed E-state index contributed by atoms with van der Waals surface area (Å²) in [6.45, 7) is 3.94. The number of nitrogens with one attached hydrogen (secondary N) is 1. The van der Waals surface area contributed by atoms with E-state index in [0.717, 1.165) is 28.5 Å². The molecule has 0 bridgehead atoms. The molecule has 0 aliphatic rings. The van der Waals surface area contributed by atoms with Crippen molar-refractivity contribution >= 4 is 27.3 Å². The summed E-state index contributed by atoms with van der Waals surface area (Å²) in [5.74, 6) is -0.124. The van der Waals surface area contributed by atoms with Crippen molar-refractivity contribution in [3.63, 3.8) is 0 Å². The predicted octanol–water partition coefficient (Wildman–Crippen LogP) is 5.95. The first-order valence-electron chi connectivity index (χ1n) is 9.48. The third-order valence-corrected chi connectivity index (χ3v) is 7.53. The Morgan fingerprint density at radius 1 is 1.03 bits per heavy atom. The number of halogens is 1. The average molecular weight is 453 g/mol. The van der Waals surface area contributed by atoms with Crippen molar-refractivity contribution in [2.45, 2.75) is 24.5 Å². The number of aryl methyl sites for hydroxylation is 2. The summed E-state index contributed by atoms with van der Waals surface area (Å²) in [6, 6.07) is 21.5. The molecule has 0 heterocycles. The monoisotopic (exact) mass is 452 g/mol. The zero-order chi connectivity index (χ0) is 22.4. The van der Waals surface area contributed by atoms with Gasteiger partial charge < -0.3 is 5.32 Å². The molecule has 0 aliphatic carbocycles. The van der Waals surface area contributed by atoms with Gasteiger partial charge in [-0.3, -0.25) is 0 Å². The molecule has 7 heteroatoms. The van der Waals surface area contributed by atoms with Gasteiger partial charge in [0.15, 0.2) is 4.91 Å². The highest BCUT2D eigenvalue weighted by molar-refractivity contribution is 8.04. The number of sulfone groups is 1. The summed E-state index contributed by atoms with van der Waals surface area (Å²) in [5.41, 5.74) is 3.23. The van der Waals surface area contributed by atoms with E-state index in [1.54, 1.807) is 30.3 Å². The van der Waals surface area contributed by atoms with Crippen LogP contribution in [0.4, 0.5) is 10.1 Å². The lowest BCUT2D eigenvalue weighted by Gasteiger charge is -2.15. The van der Waals surface area contributed by atoms with Gasteiger partial charge in [0.1, 0.15) is 16.9 Å². The normalized spacial score (nSPS) is 12.1. The lowest BCUT2D eigenvalue weighted by Crippen LogP contribution is -2.11. The summed E-state index contributed by atoms with van der Waals surface area (Å²) < 4.78 is 40.7. The van der Waals surface area contributed by atoms with Gasteiger partial charge in [-0.25, -0.2) is 12.8 Å². The van der Waals surface area contributed by atoms with Crippen molar-refractivity contribution in [3.05, 3.63) is 105 Å². The minimum absolute atomic E-state index is 0.00622. The number of hydrogen-bond acceptors (Lipinski definition) is 5. The van der Waals surface area contributed by atoms with Crippen LogP contribution in [0.25, 0.3) is 0 Å².